The van der Waals surface area contributed by atoms with Gasteiger partial charge in [-0.3, -0.25) is 0 Å². The number of benzene rings is 1. The maximum Gasteiger partial charge on any atom is 0.144 e. The van der Waals surface area contributed by atoms with Crippen LogP contribution in [0.25, 0.3) is 0 Å². The van der Waals surface area contributed by atoms with Crippen molar-refractivity contribution < 1.29 is 4.74 Å². The van der Waals surface area contributed by atoms with Crippen LogP contribution in [0.4, 0.5) is 11.4 Å². The molecule has 0 heterocycles. The molecule has 0 bridgehead atoms. The molecule has 1 aromatic rings. The molecule has 0 aliphatic rings. The van der Waals surface area contributed by atoms with Crippen LogP contribution in [0.3, 0.4) is 0 Å². The second-order valence-corrected chi connectivity index (χ2v) is 5.10. The maximum atomic E-state index is 6.20. The average Bonchev–Trinajstić information content (AvgIpc) is 2.31. The molecule has 0 radical (unpaired) electrons. The molecule has 0 amide bonds. The average molecular weight is 250 g/mol. The standard InChI is InChI=1S/C15H26N2O/c1-6-8-12(4)17(5)13-9-7-10-14(15(13)16)18-11(2)3/h7,9-12H,6,8,16H2,1-5H3. The van der Waals surface area contributed by atoms with E-state index in [1.165, 1.54) is 6.42 Å². The molecule has 1 rings (SSSR count). The quantitative estimate of drug-likeness (QED) is 0.783. The molecule has 2 N–H and O–H groups in total. The van der Waals surface area contributed by atoms with Gasteiger partial charge in [-0.05, 0) is 39.3 Å². The van der Waals surface area contributed by atoms with Gasteiger partial charge >= 0.3 is 0 Å². The van der Waals surface area contributed by atoms with Gasteiger partial charge in [0.1, 0.15) is 5.75 Å². The Morgan fingerprint density at radius 1 is 1.28 bits per heavy atom. The number of hydrogen-bond donors (Lipinski definition) is 1. The molecular formula is C15H26N2O. The predicted octanol–water partition coefficient (Wildman–Crippen LogP) is 3.68. The van der Waals surface area contributed by atoms with Gasteiger partial charge in [-0.25, -0.2) is 0 Å². The monoisotopic (exact) mass is 250 g/mol. The molecule has 1 aromatic carbocycles. The fourth-order valence-corrected chi connectivity index (χ4v) is 2.05. The predicted molar refractivity (Wildman–Crippen MR) is 79.4 cm³/mol. The number of anilines is 2. The first-order valence-corrected chi connectivity index (χ1v) is 6.75. The second kappa shape index (κ2) is 6.53. The Morgan fingerprint density at radius 3 is 2.50 bits per heavy atom. The van der Waals surface area contributed by atoms with Crippen LogP contribution in [0.2, 0.25) is 0 Å². The van der Waals surface area contributed by atoms with Crippen molar-refractivity contribution >= 4 is 11.4 Å². The lowest BCUT2D eigenvalue weighted by Gasteiger charge is -2.28. The van der Waals surface area contributed by atoms with Gasteiger partial charge < -0.3 is 15.4 Å². The number of para-hydroxylation sites is 1. The van der Waals surface area contributed by atoms with Crippen LogP contribution in [0.5, 0.6) is 5.75 Å². The fourth-order valence-electron chi connectivity index (χ4n) is 2.05. The summed E-state index contributed by atoms with van der Waals surface area (Å²) >= 11 is 0. The Labute approximate surface area is 111 Å². The van der Waals surface area contributed by atoms with Crippen molar-refractivity contribution in [2.45, 2.75) is 52.7 Å². The summed E-state index contributed by atoms with van der Waals surface area (Å²) in [4.78, 5) is 2.23. The zero-order valence-corrected chi connectivity index (χ0v) is 12.2. The zero-order chi connectivity index (χ0) is 13.7. The topological polar surface area (TPSA) is 38.5 Å². The van der Waals surface area contributed by atoms with Crippen LogP contribution in [0.15, 0.2) is 18.2 Å². The normalized spacial score (nSPS) is 12.6. The van der Waals surface area contributed by atoms with E-state index in [9.17, 15) is 0 Å². The van der Waals surface area contributed by atoms with Crippen molar-refractivity contribution in [3.05, 3.63) is 18.2 Å². The van der Waals surface area contributed by atoms with Gasteiger partial charge in [0, 0.05) is 13.1 Å². The van der Waals surface area contributed by atoms with Gasteiger partial charge in [-0.1, -0.05) is 19.4 Å². The summed E-state index contributed by atoms with van der Waals surface area (Å²) in [6.45, 7) is 8.44. The molecule has 0 aliphatic heterocycles. The van der Waals surface area contributed by atoms with Crippen LogP contribution >= 0.6 is 0 Å². The van der Waals surface area contributed by atoms with E-state index in [-0.39, 0.29) is 6.10 Å². The minimum atomic E-state index is 0.140. The van der Waals surface area contributed by atoms with Crippen molar-refractivity contribution in [2.24, 2.45) is 0 Å². The summed E-state index contributed by atoms with van der Waals surface area (Å²) in [5.74, 6) is 0.776. The number of ether oxygens (including phenoxy) is 1. The number of nitrogens with zero attached hydrogens (tertiary/aromatic N) is 1. The second-order valence-electron chi connectivity index (χ2n) is 5.10. The Balaban J connectivity index is 2.95. The van der Waals surface area contributed by atoms with Crippen molar-refractivity contribution in [3.63, 3.8) is 0 Å². The van der Waals surface area contributed by atoms with E-state index in [1.807, 2.05) is 26.0 Å². The Hall–Kier alpha value is -1.38. The van der Waals surface area contributed by atoms with Gasteiger partial charge in [0.15, 0.2) is 0 Å². The molecule has 0 aromatic heterocycles. The van der Waals surface area contributed by atoms with E-state index in [4.69, 9.17) is 10.5 Å². The lowest BCUT2D eigenvalue weighted by Crippen LogP contribution is -2.29. The van der Waals surface area contributed by atoms with Gasteiger partial charge in [-0.15, -0.1) is 0 Å². The van der Waals surface area contributed by atoms with Gasteiger partial charge in [0.05, 0.1) is 17.5 Å². The summed E-state index contributed by atoms with van der Waals surface area (Å²) in [6.07, 6.45) is 2.47. The SMILES string of the molecule is CCCC(C)N(C)c1cccc(OC(C)C)c1N. The molecular weight excluding hydrogens is 224 g/mol. The van der Waals surface area contributed by atoms with Crippen LogP contribution in [0, 0.1) is 0 Å². The lowest BCUT2D eigenvalue weighted by molar-refractivity contribution is 0.244. The van der Waals surface area contributed by atoms with E-state index in [0.29, 0.717) is 6.04 Å². The molecule has 3 nitrogen and oxygen atoms in total. The number of nitrogen functional groups attached to an aromatic ring is 1. The van der Waals surface area contributed by atoms with E-state index in [0.717, 1.165) is 23.5 Å². The highest BCUT2D eigenvalue weighted by Gasteiger charge is 2.14. The highest BCUT2D eigenvalue weighted by molar-refractivity contribution is 5.74. The first kappa shape index (κ1) is 14.7. The summed E-state index contributed by atoms with van der Waals surface area (Å²) in [5, 5.41) is 0. The molecule has 0 spiro atoms. The van der Waals surface area contributed by atoms with Crippen LogP contribution in [-0.4, -0.2) is 19.2 Å². The number of nitrogens with two attached hydrogens (primary N) is 1. The summed E-state index contributed by atoms with van der Waals surface area (Å²) in [7, 11) is 2.09. The zero-order valence-electron chi connectivity index (χ0n) is 12.2. The molecule has 102 valence electrons. The first-order valence-electron chi connectivity index (χ1n) is 6.75. The molecule has 1 atom stereocenters. The van der Waals surface area contributed by atoms with Gasteiger partial charge in [0.25, 0.3) is 0 Å². The highest BCUT2D eigenvalue weighted by atomic mass is 16.5. The van der Waals surface area contributed by atoms with Gasteiger partial charge in [-0.2, -0.15) is 0 Å². The van der Waals surface area contributed by atoms with Crippen LogP contribution in [0.1, 0.15) is 40.5 Å². The Morgan fingerprint density at radius 2 is 1.94 bits per heavy atom. The van der Waals surface area contributed by atoms with Crippen molar-refractivity contribution in [1.29, 1.82) is 0 Å². The molecule has 18 heavy (non-hydrogen) atoms. The van der Waals surface area contributed by atoms with Gasteiger partial charge in [0.2, 0.25) is 0 Å². The fraction of sp³-hybridized carbons (Fsp3) is 0.600. The third-order valence-electron chi connectivity index (χ3n) is 3.15. The molecule has 1 unspecified atom stereocenters. The van der Waals surface area contributed by atoms with E-state index in [2.05, 4.69) is 31.9 Å². The molecule has 0 saturated heterocycles. The largest absolute Gasteiger partial charge is 0.489 e. The maximum absolute atomic E-state index is 6.20. The molecule has 0 fully saturated rings. The minimum absolute atomic E-state index is 0.140. The molecule has 0 saturated carbocycles. The van der Waals surface area contributed by atoms with Crippen LogP contribution < -0.4 is 15.4 Å². The third-order valence-corrected chi connectivity index (χ3v) is 3.15. The Bertz CT molecular complexity index is 377. The lowest BCUT2D eigenvalue weighted by atomic mass is 10.1. The van der Waals surface area contributed by atoms with Crippen molar-refractivity contribution in [2.75, 3.05) is 17.7 Å². The smallest absolute Gasteiger partial charge is 0.144 e. The van der Waals surface area contributed by atoms with Crippen LogP contribution in [-0.2, 0) is 0 Å². The highest BCUT2D eigenvalue weighted by Crippen LogP contribution is 2.33. The summed E-state index contributed by atoms with van der Waals surface area (Å²) in [5.41, 5.74) is 7.98. The Kier molecular flexibility index (Phi) is 5.32. The van der Waals surface area contributed by atoms with Crippen molar-refractivity contribution in [1.82, 2.24) is 0 Å². The minimum Gasteiger partial charge on any atom is -0.489 e. The third kappa shape index (κ3) is 3.56. The van der Waals surface area contributed by atoms with E-state index >= 15 is 0 Å². The first-order chi connectivity index (χ1) is 8.47. The van der Waals surface area contributed by atoms with Crippen molar-refractivity contribution in [3.8, 4) is 5.75 Å². The van der Waals surface area contributed by atoms with E-state index in [1.54, 1.807) is 0 Å². The molecule has 3 heteroatoms. The molecule has 0 aliphatic carbocycles. The summed E-state index contributed by atoms with van der Waals surface area (Å²) in [6, 6.07) is 6.45. The number of rotatable bonds is 6. The number of hydrogen-bond acceptors (Lipinski definition) is 3. The summed E-state index contributed by atoms with van der Waals surface area (Å²) < 4.78 is 5.72. The van der Waals surface area contributed by atoms with E-state index < -0.39 is 0 Å².